The fourth-order valence-electron chi connectivity index (χ4n) is 1.55. The lowest BCUT2D eigenvalue weighted by Gasteiger charge is -2.13. The minimum absolute atomic E-state index is 0.199. The zero-order valence-electron chi connectivity index (χ0n) is 9.77. The van der Waals surface area contributed by atoms with E-state index in [1.807, 2.05) is 31.2 Å². The second-order valence-electron chi connectivity index (χ2n) is 3.95. The predicted octanol–water partition coefficient (Wildman–Crippen LogP) is 2.88. The number of hydrogen-bond acceptors (Lipinski definition) is 4. The van der Waals surface area contributed by atoms with Crippen molar-refractivity contribution in [3.63, 3.8) is 0 Å². The number of aryl methyl sites for hydroxylation is 1. The van der Waals surface area contributed by atoms with Gasteiger partial charge in [-0.2, -0.15) is 0 Å². The maximum absolute atomic E-state index is 5.95. The number of aromatic nitrogens is 2. The summed E-state index contributed by atoms with van der Waals surface area (Å²) >= 11 is 5.95. The molecule has 0 fully saturated rings. The average Bonchev–Trinajstić information content (AvgIpc) is 2.72. The summed E-state index contributed by atoms with van der Waals surface area (Å²) in [6, 6.07) is 8.00. The second kappa shape index (κ2) is 5.29. The van der Waals surface area contributed by atoms with Crippen LogP contribution in [0.15, 0.2) is 28.9 Å². The van der Waals surface area contributed by atoms with Gasteiger partial charge in [0.05, 0.1) is 0 Å². The molecule has 4 nitrogen and oxygen atoms in total. The zero-order chi connectivity index (χ0) is 12.3. The number of nitrogens with one attached hydrogen (secondary N) is 1. The molecule has 0 bridgehead atoms. The summed E-state index contributed by atoms with van der Waals surface area (Å²) in [5.41, 5.74) is 2.79. The van der Waals surface area contributed by atoms with Crippen molar-refractivity contribution in [1.29, 1.82) is 0 Å². The number of halogens is 1. The average molecular weight is 252 g/mol. The highest BCUT2D eigenvalue weighted by Gasteiger charge is 2.09. The van der Waals surface area contributed by atoms with E-state index in [1.165, 1.54) is 0 Å². The van der Waals surface area contributed by atoms with Crippen molar-refractivity contribution in [3.05, 3.63) is 46.2 Å². The van der Waals surface area contributed by atoms with Crippen LogP contribution < -0.4 is 5.32 Å². The van der Waals surface area contributed by atoms with Crippen molar-refractivity contribution in [2.24, 2.45) is 0 Å². The summed E-state index contributed by atoms with van der Waals surface area (Å²) < 4.78 is 4.64. The van der Waals surface area contributed by atoms with Crippen LogP contribution in [0.25, 0.3) is 0 Å². The molecule has 0 spiro atoms. The standard InChI is InChI=1S/C12H14ClN3O/c1-8(10-4-3-5-11(13)6-10)14-7-12-9(2)15-17-16-12/h3-6,8,14H,7H2,1-2H3. The minimum Gasteiger partial charge on any atom is -0.304 e. The van der Waals surface area contributed by atoms with Crippen LogP contribution in [0.4, 0.5) is 0 Å². The number of nitrogens with zero attached hydrogens (tertiary/aromatic N) is 2. The largest absolute Gasteiger partial charge is 0.304 e. The summed E-state index contributed by atoms with van der Waals surface area (Å²) in [4.78, 5) is 0. The van der Waals surface area contributed by atoms with Crippen molar-refractivity contribution >= 4 is 11.6 Å². The van der Waals surface area contributed by atoms with Crippen molar-refractivity contribution in [3.8, 4) is 0 Å². The van der Waals surface area contributed by atoms with Crippen molar-refractivity contribution in [2.45, 2.75) is 26.4 Å². The Bertz CT molecular complexity index is 498. The molecule has 0 aliphatic rings. The number of hydrogen-bond donors (Lipinski definition) is 1. The van der Waals surface area contributed by atoms with E-state index in [1.54, 1.807) is 0 Å². The summed E-state index contributed by atoms with van der Waals surface area (Å²) in [6.07, 6.45) is 0. The molecule has 1 unspecified atom stereocenters. The van der Waals surface area contributed by atoms with Gasteiger partial charge in [-0.05, 0) is 31.5 Å². The highest BCUT2D eigenvalue weighted by molar-refractivity contribution is 6.30. The topological polar surface area (TPSA) is 51.0 Å². The monoisotopic (exact) mass is 251 g/mol. The molecular formula is C12H14ClN3O. The van der Waals surface area contributed by atoms with Crippen LogP contribution in [-0.2, 0) is 6.54 Å². The second-order valence-corrected chi connectivity index (χ2v) is 4.39. The molecule has 0 saturated carbocycles. The first-order valence-electron chi connectivity index (χ1n) is 5.43. The molecule has 0 aliphatic carbocycles. The van der Waals surface area contributed by atoms with E-state index in [-0.39, 0.29) is 6.04 Å². The Balaban J connectivity index is 1.98. The molecule has 0 aliphatic heterocycles. The van der Waals surface area contributed by atoms with E-state index in [9.17, 15) is 0 Å². The molecule has 1 aromatic heterocycles. The molecular weight excluding hydrogens is 238 g/mol. The molecule has 2 rings (SSSR count). The lowest BCUT2D eigenvalue weighted by molar-refractivity contribution is 0.300. The van der Waals surface area contributed by atoms with Crippen LogP contribution in [0.5, 0.6) is 0 Å². The van der Waals surface area contributed by atoms with Crippen LogP contribution in [0, 0.1) is 6.92 Å². The van der Waals surface area contributed by atoms with E-state index >= 15 is 0 Å². The SMILES string of the molecule is Cc1nonc1CNC(C)c1cccc(Cl)c1. The lowest BCUT2D eigenvalue weighted by Crippen LogP contribution is -2.18. The Morgan fingerprint density at radius 2 is 2.24 bits per heavy atom. The Morgan fingerprint density at radius 1 is 1.41 bits per heavy atom. The normalized spacial score (nSPS) is 12.6. The van der Waals surface area contributed by atoms with Crippen molar-refractivity contribution < 1.29 is 4.63 Å². The van der Waals surface area contributed by atoms with Crippen molar-refractivity contribution in [1.82, 2.24) is 15.6 Å². The number of rotatable bonds is 4. The van der Waals surface area contributed by atoms with Crippen LogP contribution in [-0.4, -0.2) is 10.3 Å². The van der Waals surface area contributed by atoms with Crippen molar-refractivity contribution in [2.75, 3.05) is 0 Å². The molecule has 90 valence electrons. The van der Waals surface area contributed by atoms with Crippen LogP contribution >= 0.6 is 11.6 Å². The Morgan fingerprint density at radius 3 is 2.88 bits per heavy atom. The maximum atomic E-state index is 5.95. The molecule has 1 heterocycles. The fourth-order valence-corrected chi connectivity index (χ4v) is 1.75. The lowest BCUT2D eigenvalue weighted by atomic mass is 10.1. The first kappa shape index (κ1) is 12.1. The molecule has 2 aromatic rings. The van der Waals surface area contributed by atoms with Gasteiger partial charge in [0, 0.05) is 17.6 Å². The molecule has 17 heavy (non-hydrogen) atoms. The van der Waals surface area contributed by atoms with Gasteiger partial charge < -0.3 is 5.32 Å². The Labute approximate surface area is 105 Å². The molecule has 1 N–H and O–H groups in total. The van der Waals surface area contributed by atoms with Crippen LogP contribution in [0.3, 0.4) is 0 Å². The van der Waals surface area contributed by atoms with Gasteiger partial charge >= 0.3 is 0 Å². The molecule has 1 aromatic carbocycles. The van der Waals surface area contributed by atoms with Gasteiger partial charge in [-0.15, -0.1) is 0 Å². The highest BCUT2D eigenvalue weighted by atomic mass is 35.5. The quantitative estimate of drug-likeness (QED) is 0.908. The first-order valence-corrected chi connectivity index (χ1v) is 5.81. The Kier molecular flexibility index (Phi) is 3.76. The van der Waals surface area contributed by atoms with Gasteiger partial charge in [0.15, 0.2) is 0 Å². The van der Waals surface area contributed by atoms with Crippen LogP contribution in [0.2, 0.25) is 5.02 Å². The van der Waals surface area contributed by atoms with Gasteiger partial charge in [0.25, 0.3) is 0 Å². The highest BCUT2D eigenvalue weighted by Crippen LogP contribution is 2.17. The third kappa shape index (κ3) is 3.05. The van der Waals surface area contributed by atoms with E-state index in [0.29, 0.717) is 6.54 Å². The summed E-state index contributed by atoms with van der Waals surface area (Å²) in [6.45, 7) is 4.58. The minimum atomic E-state index is 0.199. The zero-order valence-corrected chi connectivity index (χ0v) is 10.5. The van der Waals surface area contributed by atoms with E-state index in [2.05, 4.69) is 27.2 Å². The Hall–Kier alpha value is -1.39. The van der Waals surface area contributed by atoms with E-state index in [4.69, 9.17) is 11.6 Å². The van der Waals surface area contributed by atoms with Gasteiger partial charge in [-0.25, -0.2) is 4.63 Å². The number of benzene rings is 1. The maximum Gasteiger partial charge on any atom is 0.121 e. The van der Waals surface area contributed by atoms with Crippen LogP contribution in [0.1, 0.15) is 29.9 Å². The van der Waals surface area contributed by atoms with E-state index < -0.39 is 0 Å². The van der Waals surface area contributed by atoms with Gasteiger partial charge in [0.1, 0.15) is 11.4 Å². The third-order valence-electron chi connectivity index (χ3n) is 2.67. The smallest absolute Gasteiger partial charge is 0.121 e. The van der Waals surface area contributed by atoms with Gasteiger partial charge in [-0.1, -0.05) is 34.0 Å². The van der Waals surface area contributed by atoms with Gasteiger partial charge in [-0.3, -0.25) is 0 Å². The molecule has 5 heteroatoms. The molecule has 0 radical (unpaired) electrons. The molecule has 0 saturated heterocycles. The third-order valence-corrected chi connectivity index (χ3v) is 2.91. The predicted molar refractivity (Wildman–Crippen MR) is 65.7 cm³/mol. The van der Waals surface area contributed by atoms with E-state index in [0.717, 1.165) is 22.0 Å². The molecule has 1 atom stereocenters. The molecule has 0 amide bonds. The summed E-state index contributed by atoms with van der Waals surface area (Å²) in [7, 11) is 0. The summed E-state index contributed by atoms with van der Waals surface area (Å²) in [5, 5.41) is 11.7. The summed E-state index contributed by atoms with van der Waals surface area (Å²) in [5.74, 6) is 0. The van der Waals surface area contributed by atoms with Gasteiger partial charge in [0.2, 0.25) is 0 Å². The first-order chi connectivity index (χ1) is 8.16. The fraction of sp³-hybridized carbons (Fsp3) is 0.333.